The number of nitrogens with zero attached hydrogens (tertiary/aromatic N) is 1. The lowest BCUT2D eigenvalue weighted by Crippen LogP contribution is -2.39. The first-order chi connectivity index (χ1) is 6.72. The van der Waals surface area contributed by atoms with E-state index in [-0.39, 0.29) is 11.8 Å². The predicted octanol–water partition coefficient (Wildman–Crippen LogP) is 0.0334. The van der Waals surface area contributed by atoms with Crippen LogP contribution in [0.15, 0.2) is 0 Å². The van der Waals surface area contributed by atoms with Crippen LogP contribution in [-0.2, 0) is 9.59 Å². The molecule has 4 heteroatoms. The summed E-state index contributed by atoms with van der Waals surface area (Å²) in [6.07, 6.45) is 2.98. The molecule has 1 amide bonds. The van der Waals surface area contributed by atoms with E-state index in [0.717, 1.165) is 38.8 Å². The zero-order valence-corrected chi connectivity index (χ0v) is 8.66. The maximum atomic E-state index is 10.6. The van der Waals surface area contributed by atoms with E-state index in [2.05, 4.69) is 10.2 Å². The number of likely N-dealkylation sites (tertiary alicyclic amines) is 1. The predicted molar refractivity (Wildman–Crippen MR) is 53.9 cm³/mol. The van der Waals surface area contributed by atoms with Crippen molar-refractivity contribution in [1.82, 2.24) is 10.2 Å². The highest BCUT2D eigenvalue weighted by molar-refractivity contribution is 5.72. The summed E-state index contributed by atoms with van der Waals surface area (Å²) in [5.74, 6) is 0.278. The summed E-state index contributed by atoms with van der Waals surface area (Å²) in [7, 11) is 0. The standard InChI is InChI=1S/C10H18N2O2/c1-9(14)11-4-7-12-5-2-10(8-13)3-6-12/h8,10H,2-7H2,1H3,(H,11,14). The van der Waals surface area contributed by atoms with E-state index in [0.29, 0.717) is 6.54 Å². The van der Waals surface area contributed by atoms with E-state index in [1.54, 1.807) is 0 Å². The second kappa shape index (κ2) is 5.75. The molecule has 0 radical (unpaired) electrons. The molecular formula is C10H18N2O2. The molecule has 14 heavy (non-hydrogen) atoms. The number of amides is 1. The largest absolute Gasteiger partial charge is 0.355 e. The number of hydrogen-bond acceptors (Lipinski definition) is 3. The van der Waals surface area contributed by atoms with Crippen molar-refractivity contribution in [1.29, 1.82) is 0 Å². The van der Waals surface area contributed by atoms with E-state index in [1.807, 2.05) is 0 Å². The van der Waals surface area contributed by atoms with Crippen molar-refractivity contribution in [3.8, 4) is 0 Å². The molecule has 1 N–H and O–H groups in total. The molecule has 0 aromatic carbocycles. The van der Waals surface area contributed by atoms with Crippen LogP contribution < -0.4 is 5.32 Å². The monoisotopic (exact) mass is 198 g/mol. The maximum Gasteiger partial charge on any atom is 0.216 e. The summed E-state index contributed by atoms with van der Waals surface area (Å²) in [6.45, 7) is 5.08. The lowest BCUT2D eigenvalue weighted by molar-refractivity contribution is -0.119. The summed E-state index contributed by atoms with van der Waals surface area (Å²) in [4.78, 5) is 23.4. The van der Waals surface area contributed by atoms with Gasteiger partial charge in [0.05, 0.1) is 0 Å². The zero-order valence-electron chi connectivity index (χ0n) is 8.66. The molecule has 1 heterocycles. The Morgan fingerprint density at radius 2 is 2.14 bits per heavy atom. The number of rotatable bonds is 4. The molecule has 0 bridgehead atoms. The van der Waals surface area contributed by atoms with E-state index < -0.39 is 0 Å². The molecule has 0 saturated carbocycles. The van der Waals surface area contributed by atoms with E-state index >= 15 is 0 Å². The van der Waals surface area contributed by atoms with Crippen molar-refractivity contribution in [2.75, 3.05) is 26.2 Å². The van der Waals surface area contributed by atoms with Crippen molar-refractivity contribution >= 4 is 12.2 Å². The second-order valence-electron chi connectivity index (χ2n) is 3.80. The van der Waals surface area contributed by atoms with Gasteiger partial charge in [0, 0.05) is 25.9 Å². The van der Waals surface area contributed by atoms with Gasteiger partial charge in [0.15, 0.2) is 0 Å². The molecule has 80 valence electrons. The third-order valence-corrected chi connectivity index (χ3v) is 2.63. The van der Waals surface area contributed by atoms with Crippen LogP contribution in [0.25, 0.3) is 0 Å². The minimum Gasteiger partial charge on any atom is -0.355 e. The summed E-state index contributed by atoms with van der Waals surface area (Å²) in [5, 5.41) is 2.77. The van der Waals surface area contributed by atoms with E-state index in [9.17, 15) is 9.59 Å². The molecule has 4 nitrogen and oxygen atoms in total. The number of hydrogen-bond donors (Lipinski definition) is 1. The molecule has 0 spiro atoms. The summed E-state index contributed by atoms with van der Waals surface area (Å²) in [6, 6.07) is 0. The second-order valence-corrected chi connectivity index (χ2v) is 3.80. The summed E-state index contributed by atoms with van der Waals surface area (Å²) >= 11 is 0. The van der Waals surface area contributed by atoms with E-state index in [1.165, 1.54) is 6.92 Å². The first-order valence-electron chi connectivity index (χ1n) is 5.14. The van der Waals surface area contributed by atoms with Crippen molar-refractivity contribution < 1.29 is 9.59 Å². The zero-order chi connectivity index (χ0) is 10.4. The molecule has 0 atom stereocenters. The Kier molecular flexibility index (Phi) is 4.59. The highest BCUT2D eigenvalue weighted by atomic mass is 16.1. The van der Waals surface area contributed by atoms with Crippen LogP contribution in [0.2, 0.25) is 0 Å². The molecule has 0 aliphatic carbocycles. The van der Waals surface area contributed by atoms with Crippen LogP contribution in [0.4, 0.5) is 0 Å². The average Bonchev–Trinajstić information content (AvgIpc) is 2.18. The molecule has 1 rings (SSSR count). The molecule has 1 aliphatic heterocycles. The van der Waals surface area contributed by atoms with Gasteiger partial charge in [0.25, 0.3) is 0 Å². The fourth-order valence-electron chi connectivity index (χ4n) is 1.70. The van der Waals surface area contributed by atoms with Crippen LogP contribution in [0, 0.1) is 5.92 Å². The maximum absolute atomic E-state index is 10.6. The number of carbonyl (C=O) groups excluding carboxylic acids is 2. The van der Waals surface area contributed by atoms with Crippen molar-refractivity contribution in [3.05, 3.63) is 0 Å². The SMILES string of the molecule is CC(=O)NCCN1CCC(C=O)CC1. The summed E-state index contributed by atoms with van der Waals surface area (Å²) in [5.41, 5.74) is 0. The minimum absolute atomic E-state index is 0.0211. The first-order valence-corrected chi connectivity index (χ1v) is 5.14. The topological polar surface area (TPSA) is 49.4 Å². The number of aldehydes is 1. The number of piperidine rings is 1. The Labute approximate surface area is 84.7 Å². The molecule has 0 aromatic rings. The Hall–Kier alpha value is -0.900. The van der Waals surface area contributed by atoms with Gasteiger partial charge in [-0.1, -0.05) is 0 Å². The van der Waals surface area contributed by atoms with Gasteiger partial charge >= 0.3 is 0 Å². The minimum atomic E-state index is 0.0211. The van der Waals surface area contributed by atoms with Crippen LogP contribution >= 0.6 is 0 Å². The molecule has 1 aliphatic rings. The van der Waals surface area contributed by atoms with Crippen molar-refractivity contribution in [2.24, 2.45) is 5.92 Å². The lowest BCUT2D eigenvalue weighted by atomic mass is 9.99. The van der Waals surface area contributed by atoms with Crippen molar-refractivity contribution in [3.63, 3.8) is 0 Å². The molecular weight excluding hydrogens is 180 g/mol. The average molecular weight is 198 g/mol. The highest BCUT2D eigenvalue weighted by Crippen LogP contribution is 2.13. The molecule has 0 unspecified atom stereocenters. The molecule has 1 fully saturated rings. The van der Waals surface area contributed by atoms with Crippen LogP contribution in [0.5, 0.6) is 0 Å². The Morgan fingerprint density at radius 3 is 2.64 bits per heavy atom. The third kappa shape index (κ3) is 3.87. The van der Waals surface area contributed by atoms with Gasteiger partial charge in [-0.15, -0.1) is 0 Å². The molecule has 0 aromatic heterocycles. The van der Waals surface area contributed by atoms with Crippen LogP contribution in [-0.4, -0.2) is 43.3 Å². The quantitative estimate of drug-likeness (QED) is 0.649. The first kappa shape index (κ1) is 11.2. The number of nitrogens with one attached hydrogen (secondary N) is 1. The smallest absolute Gasteiger partial charge is 0.216 e. The van der Waals surface area contributed by atoms with Gasteiger partial charge in [-0.25, -0.2) is 0 Å². The Balaban J connectivity index is 2.10. The fraction of sp³-hybridized carbons (Fsp3) is 0.800. The van der Waals surface area contributed by atoms with Gasteiger partial charge in [0.1, 0.15) is 6.29 Å². The van der Waals surface area contributed by atoms with E-state index in [4.69, 9.17) is 0 Å². The number of carbonyl (C=O) groups is 2. The van der Waals surface area contributed by atoms with Crippen LogP contribution in [0.3, 0.4) is 0 Å². The third-order valence-electron chi connectivity index (χ3n) is 2.63. The fourth-order valence-corrected chi connectivity index (χ4v) is 1.70. The van der Waals surface area contributed by atoms with Crippen molar-refractivity contribution in [2.45, 2.75) is 19.8 Å². The highest BCUT2D eigenvalue weighted by Gasteiger charge is 2.17. The van der Waals surface area contributed by atoms with Gasteiger partial charge in [-0.3, -0.25) is 4.79 Å². The van der Waals surface area contributed by atoms with Gasteiger partial charge < -0.3 is 15.0 Å². The molecule has 1 saturated heterocycles. The normalized spacial score (nSPS) is 19.2. The Bertz CT molecular complexity index is 198. The summed E-state index contributed by atoms with van der Waals surface area (Å²) < 4.78 is 0. The lowest BCUT2D eigenvalue weighted by Gasteiger charge is -2.29. The van der Waals surface area contributed by atoms with Crippen LogP contribution in [0.1, 0.15) is 19.8 Å². The van der Waals surface area contributed by atoms with Gasteiger partial charge in [0.2, 0.25) is 5.91 Å². The van der Waals surface area contributed by atoms with Gasteiger partial charge in [-0.05, 0) is 25.9 Å². The van der Waals surface area contributed by atoms with Gasteiger partial charge in [-0.2, -0.15) is 0 Å². The Morgan fingerprint density at radius 1 is 1.50 bits per heavy atom.